The first-order valence-electron chi connectivity index (χ1n) is 11.5. The second-order valence-electron chi connectivity index (χ2n) is 8.68. The molecule has 0 aliphatic carbocycles. The van der Waals surface area contributed by atoms with Crippen LogP contribution in [0.15, 0.2) is 72.8 Å². The van der Waals surface area contributed by atoms with Crippen molar-refractivity contribution in [3.05, 3.63) is 112 Å². The van der Waals surface area contributed by atoms with Crippen LogP contribution in [0, 0.1) is 19.7 Å². The van der Waals surface area contributed by atoms with Crippen molar-refractivity contribution in [1.29, 1.82) is 0 Å². The Morgan fingerprint density at radius 2 is 1.56 bits per heavy atom. The van der Waals surface area contributed by atoms with E-state index in [1.807, 2.05) is 0 Å². The fourth-order valence-corrected chi connectivity index (χ4v) is 4.30. The van der Waals surface area contributed by atoms with E-state index >= 15 is 0 Å². The van der Waals surface area contributed by atoms with Gasteiger partial charge in [-0.15, -0.1) is 0 Å². The molecule has 0 saturated carbocycles. The smallest absolute Gasteiger partial charge is 0.419 e. The fraction of sp³-hybridized carbons (Fsp3) is 0.179. The van der Waals surface area contributed by atoms with Gasteiger partial charge in [-0.25, -0.2) is 4.39 Å². The summed E-state index contributed by atoms with van der Waals surface area (Å²) >= 11 is 0. The zero-order valence-electron chi connectivity index (χ0n) is 20.5. The van der Waals surface area contributed by atoms with E-state index in [0.29, 0.717) is 11.8 Å². The SMILES string of the molecule is Cc1cc(C(=O)Nc2cccc(OCc3cccc(F)c3C(F)(F)F)c2)c(C)n1-c1ccccc1C(F)(F)F. The van der Waals surface area contributed by atoms with Crippen LogP contribution in [0.25, 0.3) is 5.69 Å². The number of carbonyl (C=O) groups is 1. The molecule has 1 amide bonds. The van der Waals surface area contributed by atoms with Gasteiger partial charge in [0.1, 0.15) is 18.2 Å². The van der Waals surface area contributed by atoms with Crippen LogP contribution in [0.2, 0.25) is 0 Å². The number of nitrogens with zero attached hydrogens (tertiary/aromatic N) is 1. The Labute approximate surface area is 218 Å². The maximum Gasteiger partial charge on any atom is 0.419 e. The molecule has 1 aromatic heterocycles. The molecule has 39 heavy (non-hydrogen) atoms. The number of para-hydroxylation sites is 1. The molecular weight excluding hydrogens is 529 g/mol. The Morgan fingerprint density at radius 3 is 2.26 bits per heavy atom. The summed E-state index contributed by atoms with van der Waals surface area (Å²) in [4.78, 5) is 13.0. The number of nitrogens with one attached hydrogen (secondary N) is 1. The van der Waals surface area contributed by atoms with E-state index in [1.54, 1.807) is 6.92 Å². The highest BCUT2D eigenvalue weighted by Crippen LogP contribution is 2.36. The molecule has 11 heteroatoms. The first-order valence-corrected chi connectivity index (χ1v) is 11.5. The molecule has 4 rings (SSSR count). The summed E-state index contributed by atoms with van der Waals surface area (Å²) in [7, 11) is 0. The van der Waals surface area contributed by atoms with Crippen LogP contribution in [-0.4, -0.2) is 10.5 Å². The summed E-state index contributed by atoms with van der Waals surface area (Å²) in [5, 5.41) is 2.62. The van der Waals surface area contributed by atoms with Crippen molar-refractivity contribution in [2.45, 2.75) is 32.8 Å². The number of ether oxygens (including phenoxy) is 1. The standard InChI is InChI=1S/C28H21F7N2O2/c1-16-13-21(17(2)37(16)24-12-4-3-10-22(24)27(30,31)32)26(38)36-19-8-6-9-20(14-19)39-15-18-7-5-11-23(29)25(18)28(33,34)35/h3-14H,15H2,1-2H3,(H,36,38). The molecule has 0 atom stereocenters. The second-order valence-corrected chi connectivity index (χ2v) is 8.68. The number of halogens is 7. The Balaban J connectivity index is 1.55. The molecule has 4 aromatic rings. The van der Waals surface area contributed by atoms with Crippen molar-refractivity contribution in [3.8, 4) is 11.4 Å². The third-order valence-corrected chi connectivity index (χ3v) is 6.00. The second kappa shape index (κ2) is 10.5. The highest BCUT2D eigenvalue weighted by atomic mass is 19.4. The zero-order chi connectivity index (χ0) is 28.5. The molecular formula is C28H21F7N2O2. The first kappa shape index (κ1) is 27.7. The lowest BCUT2D eigenvalue weighted by molar-refractivity contribution is -0.141. The van der Waals surface area contributed by atoms with Crippen LogP contribution in [0.3, 0.4) is 0 Å². The monoisotopic (exact) mass is 550 g/mol. The summed E-state index contributed by atoms with van der Waals surface area (Å²) in [6, 6.07) is 15.2. The van der Waals surface area contributed by atoms with Gasteiger partial charge in [0.25, 0.3) is 5.91 Å². The molecule has 204 valence electrons. The van der Waals surface area contributed by atoms with Gasteiger partial charge in [0.05, 0.1) is 22.4 Å². The van der Waals surface area contributed by atoms with Crippen molar-refractivity contribution in [1.82, 2.24) is 4.57 Å². The van der Waals surface area contributed by atoms with Crippen LogP contribution < -0.4 is 10.1 Å². The minimum absolute atomic E-state index is 0.106. The molecule has 0 fully saturated rings. The highest BCUT2D eigenvalue weighted by molar-refractivity contribution is 6.05. The third-order valence-electron chi connectivity index (χ3n) is 6.00. The van der Waals surface area contributed by atoms with Crippen LogP contribution in [0.5, 0.6) is 5.75 Å². The number of hydrogen-bond acceptors (Lipinski definition) is 2. The van der Waals surface area contributed by atoms with Gasteiger partial charge in [0.2, 0.25) is 0 Å². The zero-order valence-corrected chi connectivity index (χ0v) is 20.5. The Morgan fingerprint density at radius 1 is 0.872 bits per heavy atom. The number of rotatable bonds is 6. The lowest BCUT2D eigenvalue weighted by Gasteiger charge is -2.17. The van der Waals surface area contributed by atoms with Crippen molar-refractivity contribution in [3.63, 3.8) is 0 Å². The van der Waals surface area contributed by atoms with E-state index in [0.717, 1.165) is 18.2 Å². The van der Waals surface area contributed by atoms with E-state index in [1.165, 1.54) is 60.0 Å². The van der Waals surface area contributed by atoms with Gasteiger partial charge in [-0.1, -0.05) is 30.3 Å². The predicted molar refractivity (Wildman–Crippen MR) is 130 cm³/mol. The Kier molecular flexibility index (Phi) is 7.45. The van der Waals surface area contributed by atoms with Gasteiger partial charge in [-0.3, -0.25) is 4.79 Å². The Hall–Kier alpha value is -4.28. The summed E-state index contributed by atoms with van der Waals surface area (Å²) in [5.41, 5.74) is -1.75. The highest BCUT2D eigenvalue weighted by Gasteiger charge is 2.37. The van der Waals surface area contributed by atoms with Crippen LogP contribution >= 0.6 is 0 Å². The van der Waals surface area contributed by atoms with Crippen molar-refractivity contribution in [2.75, 3.05) is 5.32 Å². The van der Waals surface area contributed by atoms with Gasteiger partial charge < -0.3 is 14.6 Å². The molecule has 4 nitrogen and oxygen atoms in total. The molecule has 0 bridgehead atoms. The molecule has 1 N–H and O–H groups in total. The van der Waals surface area contributed by atoms with E-state index in [2.05, 4.69) is 5.32 Å². The average molecular weight is 550 g/mol. The Bertz CT molecular complexity index is 1520. The fourth-order valence-electron chi connectivity index (χ4n) is 4.30. The quantitative estimate of drug-likeness (QED) is 0.247. The molecule has 0 unspecified atom stereocenters. The lowest BCUT2D eigenvalue weighted by Crippen LogP contribution is -2.15. The lowest BCUT2D eigenvalue weighted by atomic mass is 10.1. The number of alkyl halides is 6. The number of amides is 1. The van der Waals surface area contributed by atoms with Gasteiger partial charge >= 0.3 is 12.4 Å². The maximum absolute atomic E-state index is 13.8. The third kappa shape index (κ3) is 5.92. The van der Waals surface area contributed by atoms with Crippen LogP contribution in [-0.2, 0) is 19.0 Å². The molecule has 0 aliphatic heterocycles. The van der Waals surface area contributed by atoms with Gasteiger partial charge in [0, 0.05) is 28.7 Å². The number of aryl methyl sites for hydroxylation is 1. The van der Waals surface area contributed by atoms with E-state index in [-0.39, 0.29) is 28.4 Å². The largest absolute Gasteiger partial charge is 0.489 e. The van der Waals surface area contributed by atoms with E-state index in [4.69, 9.17) is 4.74 Å². The number of carbonyl (C=O) groups excluding carboxylic acids is 1. The van der Waals surface area contributed by atoms with Crippen molar-refractivity contribution in [2.24, 2.45) is 0 Å². The molecule has 0 radical (unpaired) electrons. The number of aromatic nitrogens is 1. The predicted octanol–water partition coefficient (Wildman–Crippen LogP) is 8.10. The molecule has 3 aromatic carbocycles. The maximum atomic E-state index is 13.8. The van der Waals surface area contributed by atoms with Gasteiger partial charge in [0.15, 0.2) is 0 Å². The van der Waals surface area contributed by atoms with Gasteiger partial charge in [-0.2, -0.15) is 26.3 Å². The average Bonchev–Trinajstić information content (AvgIpc) is 3.15. The van der Waals surface area contributed by atoms with Crippen molar-refractivity contribution >= 4 is 11.6 Å². The summed E-state index contributed by atoms with van der Waals surface area (Å²) in [5.74, 6) is -1.92. The first-order chi connectivity index (χ1) is 18.3. The van der Waals surface area contributed by atoms with E-state index in [9.17, 15) is 35.5 Å². The number of anilines is 1. The number of benzene rings is 3. The minimum Gasteiger partial charge on any atom is -0.489 e. The molecule has 1 heterocycles. The summed E-state index contributed by atoms with van der Waals surface area (Å²) < 4.78 is 101. The molecule has 0 aliphatic rings. The topological polar surface area (TPSA) is 43.3 Å². The van der Waals surface area contributed by atoms with Gasteiger partial charge in [-0.05, 0) is 50.2 Å². The summed E-state index contributed by atoms with van der Waals surface area (Å²) in [6.07, 6.45) is -9.51. The normalized spacial score (nSPS) is 11.9. The van der Waals surface area contributed by atoms with Crippen LogP contribution in [0.4, 0.5) is 36.4 Å². The van der Waals surface area contributed by atoms with Crippen LogP contribution in [0.1, 0.15) is 38.4 Å². The molecule has 0 spiro atoms. The summed E-state index contributed by atoms with van der Waals surface area (Å²) in [6.45, 7) is 2.52. The van der Waals surface area contributed by atoms with Crippen molar-refractivity contribution < 1.29 is 40.3 Å². The van der Waals surface area contributed by atoms with E-state index < -0.39 is 47.4 Å². The molecule has 0 saturated heterocycles. The minimum atomic E-state index is -4.91. The number of hydrogen-bond donors (Lipinski definition) is 1.